The van der Waals surface area contributed by atoms with Gasteiger partial charge < -0.3 is 45.5 Å². The molecular formula is C37H42FN5O9. The highest BCUT2D eigenvalue weighted by Gasteiger charge is 2.46. The summed E-state index contributed by atoms with van der Waals surface area (Å²) in [5, 5.41) is 20.5. The van der Waals surface area contributed by atoms with Crippen molar-refractivity contribution in [2.24, 2.45) is 0 Å². The van der Waals surface area contributed by atoms with E-state index in [2.05, 4.69) is 21.3 Å². The van der Waals surface area contributed by atoms with E-state index in [-0.39, 0.29) is 56.8 Å². The van der Waals surface area contributed by atoms with Gasteiger partial charge in [-0.3, -0.25) is 24.0 Å². The number of halogens is 1. The van der Waals surface area contributed by atoms with Crippen LogP contribution in [0.3, 0.4) is 0 Å². The maximum atomic E-state index is 14.4. The highest BCUT2D eigenvalue weighted by Crippen LogP contribution is 2.33. The van der Waals surface area contributed by atoms with E-state index in [0.29, 0.717) is 17.1 Å². The molecule has 2 bridgehead atoms. The normalized spacial score (nSPS) is 21.5. The van der Waals surface area contributed by atoms with Crippen LogP contribution in [0.15, 0.2) is 72.8 Å². The molecule has 52 heavy (non-hydrogen) atoms. The van der Waals surface area contributed by atoms with Gasteiger partial charge in [-0.25, -0.2) is 4.39 Å². The lowest BCUT2D eigenvalue weighted by Gasteiger charge is -2.41. The van der Waals surface area contributed by atoms with Gasteiger partial charge in [-0.15, -0.1) is 0 Å². The summed E-state index contributed by atoms with van der Waals surface area (Å²) in [6.45, 7) is 0.989. The summed E-state index contributed by atoms with van der Waals surface area (Å²) in [6.07, 6.45) is 0.0157. The van der Waals surface area contributed by atoms with Gasteiger partial charge in [-0.05, 0) is 48.9 Å². The molecule has 3 aromatic carbocycles. The molecule has 3 aliphatic rings. The Labute approximate surface area is 300 Å². The predicted octanol–water partition coefficient (Wildman–Crippen LogP) is 1.11. The second kappa shape index (κ2) is 17.0. The van der Waals surface area contributed by atoms with E-state index >= 15 is 0 Å². The lowest BCUT2D eigenvalue weighted by molar-refractivity contribution is -0.144. The molecule has 5 N–H and O–H groups in total. The Morgan fingerprint density at radius 1 is 0.885 bits per heavy atom. The van der Waals surface area contributed by atoms with E-state index in [1.165, 1.54) is 37.1 Å². The molecule has 5 amide bonds. The molecule has 0 aromatic heterocycles. The number of aliphatic hydroxyl groups excluding tert-OH is 1. The summed E-state index contributed by atoms with van der Waals surface area (Å²) in [7, 11) is 1.27. The lowest BCUT2D eigenvalue weighted by atomic mass is 9.88. The Hall–Kier alpha value is -5.70. The number of ether oxygens (including phenoxy) is 3. The van der Waals surface area contributed by atoms with Gasteiger partial charge in [0.15, 0.2) is 17.2 Å². The Morgan fingerprint density at radius 2 is 1.56 bits per heavy atom. The standard InChI is InChI=1S/C37H42FN5O9/c1-23-32(45)39-17-20-51-25-11-13-26(14-12-25)52-37(15-18-43(19-16-37)35(48)27-9-6-10-28(38)31(27)50-2)36(49)42-29(21-24-7-4-3-5-8-24)33(46)41-30(22-44)34(47)40-23/h3-14,23,29-30,44H,15-22H2,1-2H3,(H,39,45)(H,40,47)(H,41,46)(H,42,49)/t23-,29+,30-/m0/s1. The first-order chi connectivity index (χ1) is 25.0. The number of fused-ring (bicyclic) bond motifs is 15. The van der Waals surface area contributed by atoms with Gasteiger partial charge in [0.25, 0.3) is 11.8 Å². The maximum absolute atomic E-state index is 14.4. The molecule has 3 heterocycles. The molecule has 1 saturated heterocycles. The van der Waals surface area contributed by atoms with Gasteiger partial charge in [-0.1, -0.05) is 36.4 Å². The van der Waals surface area contributed by atoms with Crippen molar-refractivity contribution >= 4 is 29.5 Å². The van der Waals surface area contributed by atoms with Gasteiger partial charge >= 0.3 is 0 Å². The third-order valence-electron chi connectivity index (χ3n) is 8.95. The van der Waals surface area contributed by atoms with Crippen molar-refractivity contribution in [2.75, 3.05) is 40.0 Å². The zero-order chi connectivity index (χ0) is 37.3. The van der Waals surface area contributed by atoms with E-state index in [4.69, 9.17) is 14.2 Å². The molecule has 3 aromatic rings. The number of hydrogen-bond acceptors (Lipinski definition) is 9. The number of likely N-dealkylation sites (tertiary alicyclic amines) is 1. The summed E-state index contributed by atoms with van der Waals surface area (Å²) in [4.78, 5) is 68.9. The third-order valence-corrected chi connectivity index (χ3v) is 8.95. The Balaban J connectivity index is 1.46. The number of hydrogen-bond donors (Lipinski definition) is 5. The van der Waals surface area contributed by atoms with Crippen molar-refractivity contribution in [3.63, 3.8) is 0 Å². The largest absolute Gasteiger partial charge is 0.493 e. The molecule has 15 heteroatoms. The van der Waals surface area contributed by atoms with Gasteiger partial charge in [0, 0.05) is 32.4 Å². The number of carbonyl (C=O) groups excluding carboxylic acids is 5. The van der Waals surface area contributed by atoms with E-state index < -0.39 is 65.7 Å². The van der Waals surface area contributed by atoms with Crippen molar-refractivity contribution < 1.29 is 47.7 Å². The number of methoxy groups -OCH3 is 1. The molecule has 3 aliphatic heterocycles. The molecule has 0 radical (unpaired) electrons. The first-order valence-electron chi connectivity index (χ1n) is 16.9. The number of nitrogens with one attached hydrogen (secondary N) is 4. The summed E-state index contributed by atoms with van der Waals surface area (Å²) in [6, 6.07) is 15.8. The first-order valence-corrected chi connectivity index (χ1v) is 16.9. The highest BCUT2D eigenvalue weighted by atomic mass is 19.1. The van der Waals surface area contributed by atoms with Gasteiger partial charge in [0.1, 0.15) is 36.2 Å². The molecule has 6 rings (SSSR count). The minimum absolute atomic E-state index is 0.000606. The zero-order valence-electron chi connectivity index (χ0n) is 28.9. The smallest absolute Gasteiger partial charge is 0.265 e. The quantitative estimate of drug-likeness (QED) is 0.241. The van der Waals surface area contributed by atoms with Crippen LogP contribution in [0.2, 0.25) is 0 Å². The van der Waals surface area contributed by atoms with Crippen LogP contribution >= 0.6 is 0 Å². The average molecular weight is 720 g/mol. The molecule has 14 nitrogen and oxygen atoms in total. The van der Waals surface area contributed by atoms with Gasteiger partial charge in [-0.2, -0.15) is 0 Å². The molecule has 1 spiro atoms. The lowest BCUT2D eigenvalue weighted by Crippen LogP contribution is -2.62. The van der Waals surface area contributed by atoms with Crippen molar-refractivity contribution in [1.29, 1.82) is 0 Å². The van der Waals surface area contributed by atoms with Gasteiger partial charge in [0.05, 0.1) is 25.8 Å². The van der Waals surface area contributed by atoms with Gasteiger partial charge in [0.2, 0.25) is 17.7 Å². The minimum Gasteiger partial charge on any atom is -0.493 e. The number of piperidine rings is 1. The van der Waals surface area contributed by atoms with Crippen LogP contribution in [-0.2, 0) is 25.6 Å². The topological polar surface area (TPSA) is 185 Å². The molecule has 1 fully saturated rings. The third kappa shape index (κ3) is 8.96. The van der Waals surface area contributed by atoms with E-state index in [9.17, 15) is 33.5 Å². The van der Waals surface area contributed by atoms with Crippen molar-refractivity contribution in [1.82, 2.24) is 26.2 Å². The van der Waals surface area contributed by atoms with Crippen LogP contribution in [-0.4, -0.2) is 103 Å². The zero-order valence-corrected chi connectivity index (χ0v) is 28.9. The van der Waals surface area contributed by atoms with Crippen LogP contribution in [0.5, 0.6) is 17.2 Å². The van der Waals surface area contributed by atoms with E-state index in [0.717, 1.165) is 0 Å². The van der Waals surface area contributed by atoms with Crippen molar-refractivity contribution in [2.45, 2.75) is 49.9 Å². The minimum atomic E-state index is -1.57. The summed E-state index contributed by atoms with van der Waals surface area (Å²) in [5.74, 6) is -3.30. The van der Waals surface area contributed by atoms with E-state index in [1.54, 1.807) is 54.6 Å². The Kier molecular flexibility index (Phi) is 12.3. The Bertz CT molecular complexity index is 1750. The van der Waals surface area contributed by atoms with Crippen LogP contribution in [0.25, 0.3) is 0 Å². The van der Waals surface area contributed by atoms with Crippen molar-refractivity contribution in [3.05, 3.63) is 89.7 Å². The second-order valence-corrected chi connectivity index (χ2v) is 12.5. The number of amides is 5. The molecule has 0 saturated carbocycles. The SMILES string of the molecule is COc1c(F)cccc1C(=O)N1CCC2(CC1)Oc1ccc(cc1)OCCNC(=O)[C@H](C)NC(=O)[C@H](CO)NC(=O)[C@@H](Cc1ccccc1)NC2=O. The van der Waals surface area contributed by atoms with Crippen LogP contribution in [0, 0.1) is 5.82 Å². The fourth-order valence-electron chi connectivity index (χ4n) is 6.02. The molecular weight excluding hydrogens is 677 g/mol. The van der Waals surface area contributed by atoms with Crippen LogP contribution in [0.4, 0.5) is 4.39 Å². The number of carbonyl (C=O) groups is 5. The number of aliphatic hydroxyl groups is 1. The van der Waals surface area contributed by atoms with Crippen LogP contribution in [0.1, 0.15) is 35.7 Å². The first kappa shape index (κ1) is 37.6. The number of rotatable bonds is 5. The van der Waals surface area contributed by atoms with Crippen LogP contribution < -0.4 is 35.5 Å². The monoisotopic (exact) mass is 719 g/mol. The molecule has 0 unspecified atom stereocenters. The summed E-state index contributed by atoms with van der Waals surface area (Å²) in [5.41, 5.74) is -0.844. The summed E-state index contributed by atoms with van der Waals surface area (Å²) < 4.78 is 31.8. The Morgan fingerprint density at radius 3 is 2.23 bits per heavy atom. The molecule has 276 valence electrons. The fraction of sp³-hybridized carbons (Fsp3) is 0.378. The van der Waals surface area contributed by atoms with E-state index in [1.807, 2.05) is 0 Å². The highest BCUT2D eigenvalue weighted by molar-refractivity contribution is 5.98. The second-order valence-electron chi connectivity index (χ2n) is 12.5. The molecule has 3 atom stereocenters. The predicted molar refractivity (Wildman–Crippen MR) is 185 cm³/mol. The fourth-order valence-corrected chi connectivity index (χ4v) is 6.02. The number of para-hydroxylation sites is 1. The average Bonchev–Trinajstić information content (AvgIpc) is 3.15. The number of nitrogens with zero attached hydrogens (tertiary/aromatic N) is 1. The number of benzene rings is 3. The molecule has 0 aliphatic carbocycles. The summed E-state index contributed by atoms with van der Waals surface area (Å²) >= 11 is 0. The maximum Gasteiger partial charge on any atom is 0.265 e. The van der Waals surface area contributed by atoms with Crippen molar-refractivity contribution in [3.8, 4) is 17.2 Å².